The zero-order valence-electron chi connectivity index (χ0n) is 15.0. The van der Waals surface area contributed by atoms with E-state index in [1.807, 2.05) is 6.07 Å². The lowest BCUT2D eigenvalue weighted by Crippen LogP contribution is -2.51. The lowest BCUT2D eigenvalue weighted by atomic mass is 10.0. The molecule has 2 amide bonds. The second kappa shape index (κ2) is 8.41. The summed E-state index contributed by atoms with van der Waals surface area (Å²) in [6.07, 6.45) is 0. The van der Waals surface area contributed by atoms with Gasteiger partial charge in [-0.25, -0.2) is 8.42 Å². The van der Waals surface area contributed by atoms with Crippen molar-refractivity contribution >= 4 is 21.7 Å². The SMILES string of the molecule is O=C(NNC(=O)C(c1ccccc1)N1CCS(=O)(=O)CC1)c1ccccc1O. The number of benzene rings is 2. The van der Waals surface area contributed by atoms with Crippen LogP contribution >= 0.6 is 0 Å². The molecule has 8 nitrogen and oxygen atoms in total. The Morgan fingerprint density at radius 1 is 0.929 bits per heavy atom. The first-order valence-electron chi connectivity index (χ1n) is 8.75. The molecule has 0 spiro atoms. The van der Waals surface area contributed by atoms with Crippen molar-refractivity contribution in [2.75, 3.05) is 24.6 Å². The molecule has 28 heavy (non-hydrogen) atoms. The average molecular weight is 403 g/mol. The Kier molecular flexibility index (Phi) is 5.96. The van der Waals surface area contributed by atoms with Gasteiger partial charge in [0.15, 0.2) is 9.84 Å². The van der Waals surface area contributed by atoms with Crippen LogP contribution in [-0.2, 0) is 14.6 Å². The number of hydrogen-bond acceptors (Lipinski definition) is 6. The standard InChI is InChI=1S/C19H21N3O5S/c23-16-9-5-4-8-15(16)18(24)20-21-19(25)17(14-6-2-1-3-7-14)22-10-12-28(26,27)13-11-22/h1-9,17,23H,10-13H2,(H,20,24)(H,21,25). The summed E-state index contributed by atoms with van der Waals surface area (Å²) in [5.74, 6) is -1.38. The average Bonchev–Trinajstić information content (AvgIpc) is 2.69. The lowest BCUT2D eigenvalue weighted by Gasteiger charge is -2.33. The van der Waals surface area contributed by atoms with Crippen molar-refractivity contribution in [3.63, 3.8) is 0 Å². The van der Waals surface area contributed by atoms with Crippen LogP contribution < -0.4 is 10.9 Å². The van der Waals surface area contributed by atoms with Gasteiger partial charge >= 0.3 is 0 Å². The zero-order chi connectivity index (χ0) is 20.1. The van der Waals surface area contributed by atoms with E-state index in [1.165, 1.54) is 12.1 Å². The van der Waals surface area contributed by atoms with Crippen LogP contribution in [0.4, 0.5) is 0 Å². The highest BCUT2D eigenvalue weighted by atomic mass is 32.2. The molecule has 1 fully saturated rings. The maximum atomic E-state index is 12.8. The third-order valence-corrected chi connectivity index (χ3v) is 6.16. The number of para-hydroxylation sites is 1. The second-order valence-electron chi connectivity index (χ2n) is 6.46. The Bertz CT molecular complexity index is 949. The number of carbonyl (C=O) groups excluding carboxylic acids is 2. The first kappa shape index (κ1) is 19.8. The summed E-state index contributed by atoms with van der Waals surface area (Å²) in [5.41, 5.74) is 5.41. The Labute approximate surface area is 163 Å². The van der Waals surface area contributed by atoms with E-state index in [4.69, 9.17) is 0 Å². The van der Waals surface area contributed by atoms with Crippen molar-refractivity contribution in [2.24, 2.45) is 0 Å². The summed E-state index contributed by atoms with van der Waals surface area (Å²) < 4.78 is 23.4. The van der Waals surface area contributed by atoms with Crippen LogP contribution in [0, 0.1) is 0 Å². The molecule has 1 saturated heterocycles. The van der Waals surface area contributed by atoms with Gasteiger partial charge in [-0.05, 0) is 17.7 Å². The van der Waals surface area contributed by atoms with Crippen molar-refractivity contribution in [3.8, 4) is 5.75 Å². The molecule has 3 rings (SSSR count). The Morgan fingerprint density at radius 3 is 2.18 bits per heavy atom. The van der Waals surface area contributed by atoms with Crippen molar-refractivity contribution < 1.29 is 23.1 Å². The highest BCUT2D eigenvalue weighted by Crippen LogP contribution is 2.23. The van der Waals surface area contributed by atoms with E-state index in [1.54, 1.807) is 41.3 Å². The molecule has 148 valence electrons. The van der Waals surface area contributed by atoms with E-state index < -0.39 is 27.7 Å². The van der Waals surface area contributed by atoms with Gasteiger partial charge in [0.1, 0.15) is 11.8 Å². The third-order valence-electron chi connectivity index (χ3n) is 4.56. The molecular weight excluding hydrogens is 382 g/mol. The van der Waals surface area contributed by atoms with E-state index in [0.29, 0.717) is 5.56 Å². The predicted octanol–water partition coefficient (Wildman–Crippen LogP) is 0.625. The minimum absolute atomic E-state index is 0.0200. The molecule has 1 unspecified atom stereocenters. The third kappa shape index (κ3) is 4.68. The molecule has 0 bridgehead atoms. The van der Waals surface area contributed by atoms with Crippen molar-refractivity contribution in [1.82, 2.24) is 15.8 Å². The number of phenols is 1. The summed E-state index contributed by atoms with van der Waals surface area (Å²) in [5, 5.41) is 9.75. The molecule has 3 N–H and O–H groups in total. The van der Waals surface area contributed by atoms with Gasteiger partial charge in [0.2, 0.25) is 0 Å². The van der Waals surface area contributed by atoms with Gasteiger partial charge in [0.25, 0.3) is 11.8 Å². The number of rotatable bonds is 4. The smallest absolute Gasteiger partial charge is 0.273 e. The highest BCUT2D eigenvalue weighted by Gasteiger charge is 2.32. The lowest BCUT2D eigenvalue weighted by molar-refractivity contribution is -0.127. The molecule has 1 heterocycles. The van der Waals surface area contributed by atoms with Crippen LogP contribution in [0.5, 0.6) is 5.75 Å². The first-order valence-corrected chi connectivity index (χ1v) is 10.6. The van der Waals surface area contributed by atoms with Gasteiger partial charge in [0.05, 0.1) is 17.1 Å². The van der Waals surface area contributed by atoms with Crippen LogP contribution in [0.1, 0.15) is 22.0 Å². The maximum absolute atomic E-state index is 12.8. The Balaban J connectivity index is 1.74. The summed E-state index contributed by atoms with van der Waals surface area (Å²) in [4.78, 5) is 26.8. The van der Waals surface area contributed by atoms with Gasteiger partial charge in [-0.15, -0.1) is 0 Å². The molecule has 0 aromatic heterocycles. The summed E-state index contributed by atoms with van der Waals surface area (Å²) >= 11 is 0. The van der Waals surface area contributed by atoms with Crippen molar-refractivity contribution in [3.05, 3.63) is 65.7 Å². The number of hydrogen-bond donors (Lipinski definition) is 3. The quantitative estimate of drug-likeness (QED) is 0.645. The van der Waals surface area contributed by atoms with Crippen LogP contribution in [0.3, 0.4) is 0 Å². The molecule has 0 saturated carbocycles. The number of sulfone groups is 1. The van der Waals surface area contributed by atoms with E-state index in [-0.39, 0.29) is 35.9 Å². The molecule has 9 heteroatoms. The highest BCUT2D eigenvalue weighted by molar-refractivity contribution is 7.91. The van der Waals surface area contributed by atoms with Crippen LogP contribution in [0.2, 0.25) is 0 Å². The second-order valence-corrected chi connectivity index (χ2v) is 8.77. The van der Waals surface area contributed by atoms with Gasteiger partial charge < -0.3 is 5.11 Å². The fraction of sp³-hybridized carbons (Fsp3) is 0.263. The maximum Gasteiger partial charge on any atom is 0.273 e. The van der Waals surface area contributed by atoms with Gasteiger partial charge in [-0.1, -0.05) is 42.5 Å². The van der Waals surface area contributed by atoms with Gasteiger partial charge in [-0.2, -0.15) is 0 Å². The van der Waals surface area contributed by atoms with E-state index in [9.17, 15) is 23.1 Å². The first-order chi connectivity index (χ1) is 13.4. The molecule has 0 radical (unpaired) electrons. The number of nitrogens with zero attached hydrogens (tertiary/aromatic N) is 1. The van der Waals surface area contributed by atoms with E-state index >= 15 is 0 Å². The number of carbonyl (C=O) groups is 2. The number of nitrogens with one attached hydrogen (secondary N) is 2. The number of phenolic OH excluding ortho intramolecular Hbond substituents is 1. The van der Waals surface area contributed by atoms with Gasteiger partial charge in [-0.3, -0.25) is 25.3 Å². The number of hydrazine groups is 1. The van der Waals surface area contributed by atoms with Crippen LogP contribution in [0.15, 0.2) is 54.6 Å². The molecule has 1 atom stereocenters. The molecule has 2 aromatic carbocycles. The summed E-state index contributed by atoms with van der Waals surface area (Å²) in [6.45, 7) is 0.450. The molecule has 0 aliphatic carbocycles. The Morgan fingerprint density at radius 2 is 1.54 bits per heavy atom. The molecule has 2 aromatic rings. The minimum atomic E-state index is -3.09. The van der Waals surface area contributed by atoms with E-state index in [0.717, 1.165) is 0 Å². The largest absolute Gasteiger partial charge is 0.507 e. The van der Waals surface area contributed by atoms with Gasteiger partial charge in [0, 0.05) is 13.1 Å². The molecule has 1 aliphatic rings. The van der Waals surface area contributed by atoms with Crippen LogP contribution in [0.25, 0.3) is 0 Å². The molecule has 1 aliphatic heterocycles. The van der Waals surface area contributed by atoms with Crippen molar-refractivity contribution in [2.45, 2.75) is 6.04 Å². The Hall–Kier alpha value is -2.91. The minimum Gasteiger partial charge on any atom is -0.507 e. The van der Waals surface area contributed by atoms with Crippen molar-refractivity contribution in [1.29, 1.82) is 0 Å². The fourth-order valence-corrected chi connectivity index (χ4v) is 4.30. The number of aromatic hydroxyl groups is 1. The summed E-state index contributed by atoms with van der Waals surface area (Å²) in [6, 6.07) is 14.2. The van der Waals surface area contributed by atoms with Crippen LogP contribution in [-0.4, -0.2) is 54.8 Å². The fourth-order valence-electron chi connectivity index (χ4n) is 3.07. The normalized spacial score (nSPS) is 17.4. The summed E-state index contributed by atoms with van der Waals surface area (Å²) in [7, 11) is -3.09. The molecular formula is C19H21N3O5S. The monoisotopic (exact) mass is 403 g/mol. The van der Waals surface area contributed by atoms with E-state index in [2.05, 4.69) is 10.9 Å². The predicted molar refractivity (Wildman–Crippen MR) is 103 cm³/mol. The zero-order valence-corrected chi connectivity index (χ0v) is 15.9. The topological polar surface area (TPSA) is 116 Å². The number of amides is 2.